The van der Waals surface area contributed by atoms with Crippen LogP contribution < -0.4 is 11.5 Å². The van der Waals surface area contributed by atoms with Crippen LogP contribution in [0.5, 0.6) is 0 Å². The Labute approximate surface area is 64.0 Å². The van der Waals surface area contributed by atoms with Crippen LogP contribution in [0.1, 0.15) is 6.42 Å². The van der Waals surface area contributed by atoms with Crippen molar-refractivity contribution in [3.05, 3.63) is 0 Å². The molecular weight excluding hydrogens is 151 g/mol. The second-order valence-corrected chi connectivity index (χ2v) is 2.99. The highest BCUT2D eigenvalue weighted by Crippen LogP contribution is 2.20. The van der Waals surface area contributed by atoms with Gasteiger partial charge in [0.2, 0.25) is 0 Å². The molecule has 0 amide bonds. The highest BCUT2D eigenvalue weighted by atomic mass is 19.1. The van der Waals surface area contributed by atoms with E-state index in [9.17, 15) is 4.39 Å². The summed E-state index contributed by atoms with van der Waals surface area (Å²) in [5.41, 5.74) is 10.7. The number of aliphatic hydroxyl groups is 2. The Kier molecular flexibility index (Phi) is 2.43. The van der Waals surface area contributed by atoms with Gasteiger partial charge in [-0.2, -0.15) is 0 Å². The zero-order valence-corrected chi connectivity index (χ0v) is 6.02. The van der Waals surface area contributed by atoms with Crippen LogP contribution in [0.2, 0.25) is 0 Å². The van der Waals surface area contributed by atoms with E-state index in [1.807, 2.05) is 0 Å². The molecule has 0 saturated heterocycles. The Morgan fingerprint density at radius 2 is 1.45 bits per heavy atom. The standard InChI is InChI=1S/C6H13FN2O2/c7-4-5(10)2(8)1-3(9)6(4)11/h2-6,10-11H,1,8-9H2/t2-,3+,4?,5+,6-. The van der Waals surface area contributed by atoms with Crippen LogP contribution >= 0.6 is 0 Å². The van der Waals surface area contributed by atoms with Crippen molar-refractivity contribution in [2.45, 2.75) is 36.9 Å². The third-order valence-electron chi connectivity index (χ3n) is 2.07. The van der Waals surface area contributed by atoms with E-state index < -0.39 is 30.5 Å². The molecule has 1 saturated carbocycles. The van der Waals surface area contributed by atoms with Crippen LogP contribution in [-0.4, -0.2) is 40.7 Å². The monoisotopic (exact) mass is 164 g/mol. The van der Waals surface area contributed by atoms with Crippen molar-refractivity contribution in [2.24, 2.45) is 11.5 Å². The van der Waals surface area contributed by atoms with Gasteiger partial charge in [0.1, 0.15) is 12.2 Å². The van der Waals surface area contributed by atoms with Gasteiger partial charge in [-0.3, -0.25) is 0 Å². The summed E-state index contributed by atoms with van der Waals surface area (Å²) in [6, 6.07) is -1.33. The molecule has 1 aliphatic rings. The van der Waals surface area contributed by atoms with Crippen LogP contribution in [0, 0.1) is 0 Å². The number of halogens is 1. The first kappa shape index (κ1) is 8.86. The van der Waals surface area contributed by atoms with E-state index in [-0.39, 0.29) is 6.42 Å². The van der Waals surface area contributed by atoms with E-state index >= 15 is 0 Å². The van der Waals surface area contributed by atoms with Crippen molar-refractivity contribution < 1.29 is 14.6 Å². The Morgan fingerprint density at radius 1 is 1.09 bits per heavy atom. The molecule has 0 aromatic rings. The molecule has 1 aliphatic carbocycles. The van der Waals surface area contributed by atoms with Crippen molar-refractivity contribution in [3.63, 3.8) is 0 Å². The highest BCUT2D eigenvalue weighted by molar-refractivity contribution is 4.96. The second kappa shape index (κ2) is 3.02. The van der Waals surface area contributed by atoms with Gasteiger partial charge < -0.3 is 21.7 Å². The van der Waals surface area contributed by atoms with Crippen molar-refractivity contribution in [1.82, 2.24) is 0 Å². The Hall–Kier alpha value is -0.230. The van der Waals surface area contributed by atoms with Crippen molar-refractivity contribution in [1.29, 1.82) is 0 Å². The number of alkyl halides is 1. The minimum absolute atomic E-state index is 0.253. The lowest BCUT2D eigenvalue weighted by Crippen LogP contribution is -2.59. The molecule has 0 aromatic carbocycles. The largest absolute Gasteiger partial charge is 0.388 e. The maximum atomic E-state index is 12.8. The molecule has 0 aliphatic heterocycles. The number of hydrogen-bond acceptors (Lipinski definition) is 4. The summed E-state index contributed by atoms with van der Waals surface area (Å²) >= 11 is 0. The first-order valence-electron chi connectivity index (χ1n) is 3.55. The van der Waals surface area contributed by atoms with E-state index in [1.165, 1.54) is 0 Å². The molecule has 4 nitrogen and oxygen atoms in total. The van der Waals surface area contributed by atoms with E-state index in [1.54, 1.807) is 0 Å². The summed E-state index contributed by atoms with van der Waals surface area (Å²) in [5, 5.41) is 18.0. The van der Waals surface area contributed by atoms with Crippen LogP contribution in [0.3, 0.4) is 0 Å². The molecule has 11 heavy (non-hydrogen) atoms. The molecule has 6 N–H and O–H groups in total. The van der Waals surface area contributed by atoms with Crippen LogP contribution in [0.15, 0.2) is 0 Å². The van der Waals surface area contributed by atoms with E-state index in [2.05, 4.69) is 0 Å². The van der Waals surface area contributed by atoms with E-state index in [0.29, 0.717) is 0 Å². The topological polar surface area (TPSA) is 92.5 Å². The third kappa shape index (κ3) is 1.51. The van der Waals surface area contributed by atoms with Gasteiger partial charge in [0, 0.05) is 12.1 Å². The zero-order chi connectivity index (χ0) is 8.59. The molecule has 1 rings (SSSR count). The highest BCUT2D eigenvalue weighted by Gasteiger charge is 2.40. The molecule has 0 bridgehead atoms. The summed E-state index contributed by atoms with van der Waals surface area (Å²) in [7, 11) is 0. The lowest BCUT2D eigenvalue weighted by atomic mass is 9.86. The molecular formula is C6H13FN2O2. The molecule has 0 radical (unpaired) electrons. The van der Waals surface area contributed by atoms with Gasteiger partial charge in [-0.15, -0.1) is 0 Å². The van der Waals surface area contributed by atoms with Crippen LogP contribution in [0.4, 0.5) is 4.39 Å². The summed E-state index contributed by atoms with van der Waals surface area (Å²) < 4.78 is 12.8. The predicted octanol–water partition coefficient (Wildman–Crippen LogP) is -1.90. The number of rotatable bonds is 0. The van der Waals surface area contributed by atoms with Gasteiger partial charge in [0.25, 0.3) is 0 Å². The molecule has 66 valence electrons. The van der Waals surface area contributed by atoms with Gasteiger partial charge in [0.15, 0.2) is 6.17 Å². The van der Waals surface area contributed by atoms with Crippen molar-refractivity contribution in [2.75, 3.05) is 0 Å². The minimum atomic E-state index is -1.71. The third-order valence-corrected chi connectivity index (χ3v) is 2.07. The Morgan fingerprint density at radius 3 is 1.82 bits per heavy atom. The molecule has 5 heteroatoms. The summed E-state index contributed by atoms with van der Waals surface area (Å²) in [6.45, 7) is 0. The second-order valence-electron chi connectivity index (χ2n) is 2.99. The first-order chi connectivity index (χ1) is 5.04. The van der Waals surface area contributed by atoms with Crippen molar-refractivity contribution >= 4 is 0 Å². The predicted molar refractivity (Wildman–Crippen MR) is 37.5 cm³/mol. The molecule has 0 heterocycles. The van der Waals surface area contributed by atoms with E-state index in [4.69, 9.17) is 21.7 Å². The molecule has 5 atom stereocenters. The van der Waals surface area contributed by atoms with Gasteiger partial charge >= 0.3 is 0 Å². The van der Waals surface area contributed by atoms with Gasteiger partial charge in [-0.25, -0.2) is 4.39 Å². The van der Waals surface area contributed by atoms with Crippen molar-refractivity contribution in [3.8, 4) is 0 Å². The maximum Gasteiger partial charge on any atom is 0.155 e. The Balaban J connectivity index is 2.63. The smallest absolute Gasteiger partial charge is 0.155 e. The van der Waals surface area contributed by atoms with Gasteiger partial charge in [-0.05, 0) is 6.42 Å². The Bertz CT molecular complexity index is 133. The van der Waals surface area contributed by atoms with Gasteiger partial charge in [-0.1, -0.05) is 0 Å². The summed E-state index contributed by atoms with van der Waals surface area (Å²) in [6.07, 6.45) is -4.04. The molecule has 0 spiro atoms. The SMILES string of the molecule is N[C@@H]1C[C@H](N)[C@@H](O)C(F)[C@H]1O. The number of hydrogen-bond donors (Lipinski definition) is 4. The molecule has 1 unspecified atom stereocenters. The van der Waals surface area contributed by atoms with Crippen LogP contribution in [0.25, 0.3) is 0 Å². The fourth-order valence-corrected chi connectivity index (χ4v) is 1.27. The fourth-order valence-electron chi connectivity index (χ4n) is 1.27. The average Bonchev–Trinajstić information content (AvgIpc) is 1.97. The summed E-state index contributed by atoms with van der Waals surface area (Å²) in [4.78, 5) is 0. The zero-order valence-electron chi connectivity index (χ0n) is 6.02. The maximum absolute atomic E-state index is 12.8. The number of nitrogens with two attached hydrogens (primary N) is 2. The van der Waals surface area contributed by atoms with Crippen LogP contribution in [-0.2, 0) is 0 Å². The molecule has 1 fully saturated rings. The molecule has 0 aromatic heterocycles. The average molecular weight is 164 g/mol. The summed E-state index contributed by atoms with van der Waals surface area (Å²) in [5.74, 6) is 0. The normalized spacial score (nSPS) is 52.6. The van der Waals surface area contributed by atoms with E-state index in [0.717, 1.165) is 0 Å². The fraction of sp³-hybridized carbons (Fsp3) is 1.00. The lowest BCUT2D eigenvalue weighted by molar-refractivity contribution is -0.0608. The number of aliphatic hydroxyl groups excluding tert-OH is 2. The van der Waals surface area contributed by atoms with Gasteiger partial charge in [0.05, 0.1) is 0 Å². The minimum Gasteiger partial charge on any atom is -0.388 e. The lowest BCUT2D eigenvalue weighted by Gasteiger charge is -2.35. The quantitative estimate of drug-likeness (QED) is 0.336. The first-order valence-corrected chi connectivity index (χ1v) is 3.55.